The number of ether oxygens (including phenoxy) is 2. The maximum Gasteiger partial charge on any atom is 0.419 e. The number of halogens is 1. The second kappa shape index (κ2) is 4.73. The monoisotopic (exact) mass is 331 g/mol. The molecule has 0 atom stereocenters. The number of nitrogens with zero attached hydrogens (tertiary/aromatic N) is 1. The molecule has 1 heterocycles. The minimum Gasteiger partial charge on any atom is -0.497 e. The van der Waals surface area contributed by atoms with E-state index in [0.29, 0.717) is 12.3 Å². The van der Waals surface area contributed by atoms with Crippen LogP contribution in [0.4, 0.5) is 10.5 Å². The van der Waals surface area contributed by atoms with Crippen molar-refractivity contribution in [2.75, 3.05) is 18.6 Å². The summed E-state index contributed by atoms with van der Waals surface area (Å²) >= 11 is 2.05. The fourth-order valence-corrected chi connectivity index (χ4v) is 1.76. The Kier molecular flexibility index (Phi) is 3.33. The van der Waals surface area contributed by atoms with Crippen LogP contribution in [0.1, 0.15) is 0 Å². The first kappa shape index (κ1) is 11.3. The van der Waals surface area contributed by atoms with Crippen molar-refractivity contribution in [1.82, 2.24) is 0 Å². The number of anilines is 1. The molecule has 1 amide bonds. The van der Waals surface area contributed by atoms with Crippen LogP contribution in [0.25, 0.3) is 0 Å². The highest BCUT2D eigenvalue weighted by Gasteiger charge is 2.27. The van der Waals surface area contributed by atoms with E-state index in [1.807, 2.05) is 24.3 Å². The van der Waals surface area contributed by atoms with E-state index in [1.54, 1.807) is 16.1 Å². The average Bonchev–Trinajstić information content (AvgIpc) is 2.71. The highest BCUT2D eigenvalue weighted by atomic mass is 127. The summed E-state index contributed by atoms with van der Waals surface area (Å²) in [5, 5.41) is 0. The summed E-state index contributed by atoms with van der Waals surface area (Å²) < 4.78 is 11.9. The third kappa shape index (κ3) is 2.13. The maximum absolute atomic E-state index is 11.5. The normalized spacial score (nSPS) is 17.8. The minimum atomic E-state index is -0.340. The van der Waals surface area contributed by atoms with Gasteiger partial charge in [-0.1, -0.05) is 0 Å². The topological polar surface area (TPSA) is 38.8 Å². The Labute approximate surface area is 107 Å². The number of benzene rings is 1. The number of methoxy groups -OCH3 is 1. The van der Waals surface area contributed by atoms with Crippen LogP contribution in [0, 0.1) is 0 Å². The molecule has 1 aromatic rings. The molecule has 1 aliphatic rings. The number of hydrogen-bond acceptors (Lipinski definition) is 3. The SMILES string of the molecule is COc1ccc(N2C/C(=C/I)OC2=O)cc1. The number of carbonyl (C=O) groups is 1. The van der Waals surface area contributed by atoms with Crippen LogP contribution in [0.15, 0.2) is 34.1 Å². The molecule has 4 nitrogen and oxygen atoms in total. The summed E-state index contributed by atoms with van der Waals surface area (Å²) in [4.78, 5) is 13.1. The molecular weight excluding hydrogens is 321 g/mol. The van der Waals surface area contributed by atoms with Crippen molar-refractivity contribution in [3.63, 3.8) is 0 Å². The fourth-order valence-electron chi connectivity index (χ4n) is 1.44. The van der Waals surface area contributed by atoms with Gasteiger partial charge in [0.05, 0.1) is 13.7 Å². The summed E-state index contributed by atoms with van der Waals surface area (Å²) in [6.45, 7) is 0.480. The Bertz CT molecular complexity index is 427. The van der Waals surface area contributed by atoms with Gasteiger partial charge in [-0.25, -0.2) is 4.79 Å². The molecule has 1 fully saturated rings. The first-order chi connectivity index (χ1) is 7.74. The lowest BCUT2D eigenvalue weighted by molar-refractivity contribution is 0.199. The zero-order chi connectivity index (χ0) is 11.5. The van der Waals surface area contributed by atoms with Gasteiger partial charge in [-0.15, -0.1) is 0 Å². The zero-order valence-corrected chi connectivity index (χ0v) is 10.8. The van der Waals surface area contributed by atoms with Crippen molar-refractivity contribution >= 4 is 34.4 Å². The predicted molar refractivity (Wildman–Crippen MR) is 68.9 cm³/mol. The van der Waals surface area contributed by atoms with E-state index in [-0.39, 0.29) is 6.09 Å². The second-order valence-electron chi connectivity index (χ2n) is 3.23. The largest absolute Gasteiger partial charge is 0.497 e. The van der Waals surface area contributed by atoms with Crippen LogP contribution < -0.4 is 9.64 Å². The second-order valence-corrected chi connectivity index (χ2v) is 3.85. The fraction of sp³-hybridized carbons (Fsp3) is 0.182. The first-order valence-electron chi connectivity index (χ1n) is 4.67. The van der Waals surface area contributed by atoms with Crippen LogP contribution in [0.5, 0.6) is 5.75 Å². The Hall–Kier alpha value is -1.24. The standard InChI is InChI=1S/C11H10INO3/c1-15-9-4-2-8(3-5-9)13-7-10(6-12)16-11(13)14/h2-6H,7H2,1H3/b10-6-. The van der Waals surface area contributed by atoms with Gasteiger partial charge in [-0.2, -0.15) is 0 Å². The van der Waals surface area contributed by atoms with E-state index in [4.69, 9.17) is 9.47 Å². The minimum absolute atomic E-state index is 0.340. The van der Waals surface area contributed by atoms with E-state index in [9.17, 15) is 4.79 Å². The summed E-state index contributed by atoms with van der Waals surface area (Å²) in [7, 11) is 1.61. The highest BCUT2D eigenvalue weighted by Crippen LogP contribution is 2.25. The molecule has 0 saturated carbocycles. The molecule has 0 aliphatic carbocycles. The van der Waals surface area contributed by atoms with Crippen LogP contribution in [0.3, 0.4) is 0 Å². The smallest absolute Gasteiger partial charge is 0.419 e. The molecule has 0 radical (unpaired) electrons. The van der Waals surface area contributed by atoms with E-state index in [2.05, 4.69) is 22.6 Å². The molecule has 0 N–H and O–H groups in total. The Morgan fingerprint density at radius 1 is 1.44 bits per heavy atom. The van der Waals surface area contributed by atoms with E-state index < -0.39 is 0 Å². The summed E-state index contributed by atoms with van der Waals surface area (Å²) in [6.07, 6.45) is -0.340. The molecule has 1 saturated heterocycles. The Morgan fingerprint density at radius 3 is 2.62 bits per heavy atom. The highest BCUT2D eigenvalue weighted by molar-refractivity contribution is 14.1. The third-order valence-electron chi connectivity index (χ3n) is 2.26. The number of rotatable bonds is 2. The van der Waals surface area contributed by atoms with Gasteiger partial charge in [0, 0.05) is 9.77 Å². The lowest BCUT2D eigenvalue weighted by Crippen LogP contribution is -2.22. The van der Waals surface area contributed by atoms with E-state index in [1.165, 1.54) is 0 Å². The van der Waals surface area contributed by atoms with Gasteiger partial charge in [0.2, 0.25) is 0 Å². The van der Waals surface area contributed by atoms with E-state index in [0.717, 1.165) is 11.4 Å². The van der Waals surface area contributed by atoms with E-state index >= 15 is 0 Å². The van der Waals surface area contributed by atoms with Crippen LogP contribution in [-0.2, 0) is 4.74 Å². The van der Waals surface area contributed by atoms with Gasteiger partial charge in [-0.05, 0) is 46.9 Å². The lowest BCUT2D eigenvalue weighted by atomic mass is 10.3. The molecular formula is C11H10INO3. The number of cyclic esters (lactones) is 1. The number of hydrogen-bond donors (Lipinski definition) is 0. The molecule has 0 bridgehead atoms. The molecule has 1 aromatic carbocycles. The van der Waals surface area contributed by atoms with Crippen molar-refractivity contribution in [1.29, 1.82) is 0 Å². The first-order valence-corrected chi connectivity index (χ1v) is 5.92. The molecule has 1 aliphatic heterocycles. The van der Waals surface area contributed by atoms with Crippen molar-refractivity contribution < 1.29 is 14.3 Å². The van der Waals surface area contributed by atoms with Gasteiger partial charge < -0.3 is 9.47 Å². The summed E-state index contributed by atoms with van der Waals surface area (Å²) in [5.74, 6) is 1.43. The van der Waals surface area contributed by atoms with Crippen molar-refractivity contribution in [2.45, 2.75) is 0 Å². The third-order valence-corrected chi connectivity index (χ3v) is 2.95. The van der Waals surface area contributed by atoms with Crippen LogP contribution >= 0.6 is 22.6 Å². The molecule has 0 spiro atoms. The quantitative estimate of drug-likeness (QED) is 0.782. The molecule has 2 rings (SSSR count). The average molecular weight is 331 g/mol. The van der Waals surface area contributed by atoms with Gasteiger partial charge >= 0.3 is 6.09 Å². The number of amides is 1. The molecule has 5 heteroatoms. The molecule has 0 unspecified atom stereocenters. The summed E-state index contributed by atoms with van der Waals surface area (Å²) in [5.41, 5.74) is 0.805. The molecule has 16 heavy (non-hydrogen) atoms. The number of carbonyl (C=O) groups excluding carboxylic acids is 1. The van der Waals surface area contributed by atoms with Crippen molar-refractivity contribution in [3.05, 3.63) is 34.1 Å². The zero-order valence-electron chi connectivity index (χ0n) is 8.64. The summed E-state index contributed by atoms with van der Waals surface area (Å²) in [6, 6.07) is 7.29. The maximum atomic E-state index is 11.5. The Balaban J connectivity index is 2.21. The van der Waals surface area contributed by atoms with Gasteiger partial charge in [0.15, 0.2) is 0 Å². The lowest BCUT2D eigenvalue weighted by Gasteiger charge is -2.12. The van der Waals surface area contributed by atoms with Crippen LogP contribution in [0.2, 0.25) is 0 Å². The van der Waals surface area contributed by atoms with Gasteiger partial charge in [0.1, 0.15) is 11.5 Å². The molecule has 84 valence electrons. The van der Waals surface area contributed by atoms with Gasteiger partial charge in [0.25, 0.3) is 0 Å². The predicted octanol–water partition coefficient (Wildman–Crippen LogP) is 2.93. The van der Waals surface area contributed by atoms with Crippen molar-refractivity contribution in [3.8, 4) is 5.75 Å². The molecule has 0 aromatic heterocycles. The Morgan fingerprint density at radius 2 is 2.12 bits per heavy atom. The van der Waals surface area contributed by atoms with Crippen LogP contribution in [-0.4, -0.2) is 19.7 Å². The van der Waals surface area contributed by atoms with Crippen molar-refractivity contribution in [2.24, 2.45) is 0 Å². The van der Waals surface area contributed by atoms with Gasteiger partial charge in [-0.3, -0.25) is 4.90 Å².